The maximum Gasteiger partial charge on any atom is 0.270 e. The molecule has 0 bridgehead atoms. The molecular formula is C13H9N5O3. The summed E-state index contributed by atoms with van der Waals surface area (Å²) in [6.45, 7) is 0. The van der Waals surface area contributed by atoms with E-state index in [1.54, 1.807) is 24.3 Å². The molecule has 104 valence electrons. The highest BCUT2D eigenvalue weighted by Crippen LogP contribution is 2.25. The second kappa shape index (κ2) is 5.37. The van der Waals surface area contributed by atoms with Gasteiger partial charge in [0.15, 0.2) is 0 Å². The monoisotopic (exact) mass is 283 g/mol. The van der Waals surface area contributed by atoms with Crippen LogP contribution in [-0.4, -0.2) is 26.0 Å². The lowest BCUT2D eigenvalue weighted by atomic mass is 10.1. The van der Waals surface area contributed by atoms with Crippen LogP contribution in [0.2, 0.25) is 0 Å². The number of nitro benzene ring substituents is 1. The number of nitro groups is 1. The zero-order chi connectivity index (χ0) is 14.7. The average molecular weight is 283 g/mol. The number of benzene rings is 1. The average Bonchev–Trinajstić information content (AvgIpc) is 3.17. The van der Waals surface area contributed by atoms with Crippen molar-refractivity contribution in [2.75, 3.05) is 0 Å². The molecule has 0 aliphatic heterocycles. The molecule has 0 radical (unpaired) electrons. The van der Waals surface area contributed by atoms with E-state index in [2.05, 4.69) is 15.3 Å². The smallest absolute Gasteiger partial charge is 0.270 e. The van der Waals surface area contributed by atoms with Gasteiger partial charge in [0.1, 0.15) is 24.2 Å². The minimum Gasteiger partial charge on any atom is -0.455 e. The quantitative estimate of drug-likeness (QED) is 0.415. The van der Waals surface area contributed by atoms with Crippen molar-refractivity contribution in [1.82, 2.24) is 14.9 Å². The van der Waals surface area contributed by atoms with Crippen LogP contribution in [0.25, 0.3) is 11.3 Å². The van der Waals surface area contributed by atoms with Crippen molar-refractivity contribution in [2.45, 2.75) is 0 Å². The van der Waals surface area contributed by atoms with Crippen LogP contribution >= 0.6 is 0 Å². The van der Waals surface area contributed by atoms with Crippen LogP contribution in [0.5, 0.6) is 0 Å². The number of hydrogen-bond donors (Lipinski definition) is 0. The molecule has 0 saturated carbocycles. The molecule has 1 aromatic carbocycles. The molecule has 0 N–H and O–H groups in total. The molecule has 0 saturated heterocycles. The normalized spacial score (nSPS) is 11.0. The standard InChI is InChI=1S/C13H9N5O3/c19-18(20)11-3-1-2-10(6-11)13-5-4-12(21-13)7-16-17-8-14-15-9-17/h1-9H/b16-7-. The topological polar surface area (TPSA) is 99.3 Å². The Morgan fingerprint density at radius 2 is 2.05 bits per heavy atom. The Hall–Kier alpha value is -3.29. The van der Waals surface area contributed by atoms with Crippen LogP contribution < -0.4 is 0 Å². The lowest BCUT2D eigenvalue weighted by molar-refractivity contribution is -0.384. The van der Waals surface area contributed by atoms with Crippen molar-refractivity contribution in [3.63, 3.8) is 0 Å². The van der Waals surface area contributed by atoms with Crippen LogP contribution in [0.3, 0.4) is 0 Å². The molecule has 8 heteroatoms. The van der Waals surface area contributed by atoms with E-state index in [-0.39, 0.29) is 5.69 Å². The second-order valence-electron chi connectivity index (χ2n) is 4.10. The Balaban J connectivity index is 1.84. The summed E-state index contributed by atoms with van der Waals surface area (Å²) in [6.07, 6.45) is 4.39. The zero-order valence-electron chi connectivity index (χ0n) is 10.7. The minimum absolute atomic E-state index is 0.0172. The summed E-state index contributed by atoms with van der Waals surface area (Å²) in [5.41, 5.74) is 0.650. The van der Waals surface area contributed by atoms with Crippen LogP contribution in [0.15, 0.2) is 58.6 Å². The molecule has 21 heavy (non-hydrogen) atoms. The third kappa shape index (κ3) is 2.84. The second-order valence-corrected chi connectivity index (χ2v) is 4.10. The van der Waals surface area contributed by atoms with E-state index in [1.807, 2.05) is 0 Å². The summed E-state index contributed by atoms with van der Waals surface area (Å²) in [5.74, 6) is 1.05. The fourth-order valence-corrected chi connectivity index (χ4v) is 1.73. The van der Waals surface area contributed by atoms with Crippen molar-refractivity contribution < 1.29 is 9.34 Å². The first-order valence-electron chi connectivity index (χ1n) is 5.96. The third-order valence-corrected chi connectivity index (χ3v) is 2.69. The summed E-state index contributed by atoms with van der Waals surface area (Å²) in [7, 11) is 0. The lowest BCUT2D eigenvalue weighted by Crippen LogP contribution is -1.87. The predicted octanol–water partition coefficient (Wildman–Crippen LogP) is 2.33. The number of non-ortho nitro benzene ring substituents is 1. The van der Waals surface area contributed by atoms with E-state index in [1.165, 1.54) is 35.7 Å². The number of aromatic nitrogens is 3. The molecule has 0 aliphatic rings. The van der Waals surface area contributed by atoms with E-state index in [9.17, 15) is 10.1 Å². The first-order chi connectivity index (χ1) is 10.2. The maximum atomic E-state index is 10.8. The van der Waals surface area contributed by atoms with Gasteiger partial charge in [-0.2, -0.15) is 5.10 Å². The van der Waals surface area contributed by atoms with Crippen molar-refractivity contribution in [2.24, 2.45) is 5.10 Å². The largest absolute Gasteiger partial charge is 0.455 e. The zero-order valence-corrected chi connectivity index (χ0v) is 10.7. The minimum atomic E-state index is -0.444. The van der Waals surface area contributed by atoms with Crippen LogP contribution in [0.4, 0.5) is 5.69 Å². The Morgan fingerprint density at radius 3 is 2.81 bits per heavy atom. The van der Waals surface area contributed by atoms with Gasteiger partial charge in [-0.3, -0.25) is 10.1 Å². The van der Waals surface area contributed by atoms with Crippen LogP contribution in [-0.2, 0) is 0 Å². The highest BCUT2D eigenvalue weighted by molar-refractivity contribution is 5.77. The van der Waals surface area contributed by atoms with E-state index >= 15 is 0 Å². The van der Waals surface area contributed by atoms with Gasteiger partial charge in [0, 0.05) is 17.7 Å². The van der Waals surface area contributed by atoms with E-state index in [0.29, 0.717) is 17.1 Å². The molecular weight excluding hydrogens is 274 g/mol. The summed E-state index contributed by atoms with van der Waals surface area (Å²) in [6, 6.07) is 9.70. The van der Waals surface area contributed by atoms with Gasteiger partial charge in [-0.25, -0.2) is 4.68 Å². The molecule has 3 rings (SSSR count). The number of furan rings is 1. The Labute approximate surface area is 118 Å². The van der Waals surface area contributed by atoms with Gasteiger partial charge in [0.25, 0.3) is 5.69 Å². The molecule has 0 unspecified atom stereocenters. The van der Waals surface area contributed by atoms with E-state index in [4.69, 9.17) is 4.42 Å². The molecule has 8 nitrogen and oxygen atoms in total. The Bertz CT molecular complexity index is 792. The summed E-state index contributed by atoms with van der Waals surface area (Å²) >= 11 is 0. The Kier molecular flexibility index (Phi) is 3.26. The lowest BCUT2D eigenvalue weighted by Gasteiger charge is -1.96. The van der Waals surface area contributed by atoms with Crippen LogP contribution in [0, 0.1) is 10.1 Å². The van der Waals surface area contributed by atoms with E-state index in [0.717, 1.165) is 0 Å². The van der Waals surface area contributed by atoms with Gasteiger partial charge in [0.2, 0.25) is 0 Å². The SMILES string of the molecule is O=[N+]([O-])c1cccc(-c2ccc(/C=N\n3cnnc3)o2)c1. The fraction of sp³-hybridized carbons (Fsp3) is 0. The van der Waals surface area contributed by atoms with Gasteiger partial charge in [0.05, 0.1) is 11.1 Å². The van der Waals surface area contributed by atoms with Crippen molar-refractivity contribution in [3.8, 4) is 11.3 Å². The number of hydrogen-bond acceptors (Lipinski definition) is 6. The summed E-state index contributed by atoms with van der Waals surface area (Å²) in [5, 5.41) is 22.1. The van der Waals surface area contributed by atoms with Crippen molar-refractivity contribution in [3.05, 3.63) is 64.9 Å². The first kappa shape index (κ1) is 12.7. The molecule has 0 aliphatic carbocycles. The highest BCUT2D eigenvalue weighted by atomic mass is 16.6. The number of rotatable bonds is 4. The van der Waals surface area contributed by atoms with Crippen molar-refractivity contribution >= 4 is 11.9 Å². The third-order valence-electron chi connectivity index (χ3n) is 2.69. The van der Waals surface area contributed by atoms with Gasteiger partial charge in [-0.1, -0.05) is 12.1 Å². The number of nitrogens with zero attached hydrogens (tertiary/aromatic N) is 5. The van der Waals surface area contributed by atoms with Crippen molar-refractivity contribution in [1.29, 1.82) is 0 Å². The molecule has 0 atom stereocenters. The van der Waals surface area contributed by atoms with Gasteiger partial charge < -0.3 is 4.42 Å². The van der Waals surface area contributed by atoms with Gasteiger partial charge in [-0.15, -0.1) is 10.2 Å². The molecule has 3 aromatic rings. The molecule has 2 heterocycles. The molecule has 0 fully saturated rings. The van der Waals surface area contributed by atoms with Gasteiger partial charge >= 0.3 is 0 Å². The molecule has 0 amide bonds. The maximum absolute atomic E-state index is 10.8. The van der Waals surface area contributed by atoms with Crippen LogP contribution in [0.1, 0.15) is 5.76 Å². The Morgan fingerprint density at radius 1 is 1.24 bits per heavy atom. The van der Waals surface area contributed by atoms with E-state index < -0.39 is 4.92 Å². The summed E-state index contributed by atoms with van der Waals surface area (Å²) < 4.78 is 7.00. The highest BCUT2D eigenvalue weighted by Gasteiger charge is 2.09. The molecule has 0 spiro atoms. The first-order valence-corrected chi connectivity index (χ1v) is 5.96. The predicted molar refractivity (Wildman–Crippen MR) is 73.8 cm³/mol. The van der Waals surface area contributed by atoms with Gasteiger partial charge in [-0.05, 0) is 12.1 Å². The summed E-state index contributed by atoms with van der Waals surface area (Å²) in [4.78, 5) is 10.3. The molecule has 2 aromatic heterocycles. The fourth-order valence-electron chi connectivity index (χ4n) is 1.73.